The molecule has 5 nitrogen and oxygen atoms in total. The van der Waals surface area contributed by atoms with Crippen molar-refractivity contribution in [3.63, 3.8) is 0 Å². The molecule has 0 amide bonds. The zero-order valence-corrected chi connectivity index (χ0v) is 12.3. The molecule has 0 unspecified atom stereocenters. The van der Waals surface area contributed by atoms with Crippen molar-refractivity contribution in [3.8, 4) is 0 Å². The number of nitrogens with zero attached hydrogens (tertiary/aromatic N) is 2. The maximum atomic E-state index is 6.13. The van der Waals surface area contributed by atoms with Gasteiger partial charge in [0.25, 0.3) is 0 Å². The molecule has 0 bridgehead atoms. The number of aromatic nitrogens is 1. The summed E-state index contributed by atoms with van der Waals surface area (Å²) in [5.41, 5.74) is 6.49. The standard InChI is InChI=1S/C13H22ClN3O2/c1-18-8-3-6-17(7-9-19-2)10-12-11(14)4-5-13(15)16-12/h4-5H,3,6-10H2,1-2H3,(H2,15,16). The van der Waals surface area contributed by atoms with Gasteiger partial charge in [-0.3, -0.25) is 4.90 Å². The molecule has 1 rings (SSSR count). The van der Waals surface area contributed by atoms with Crippen LogP contribution in [0.3, 0.4) is 0 Å². The molecular formula is C13H22ClN3O2. The van der Waals surface area contributed by atoms with Gasteiger partial charge in [-0.05, 0) is 18.6 Å². The van der Waals surface area contributed by atoms with Gasteiger partial charge in [0.15, 0.2) is 0 Å². The first-order valence-corrected chi connectivity index (χ1v) is 6.66. The van der Waals surface area contributed by atoms with Crippen LogP contribution in [-0.4, -0.2) is 50.4 Å². The molecule has 0 aliphatic carbocycles. The molecule has 2 N–H and O–H groups in total. The predicted octanol–water partition coefficient (Wildman–Crippen LogP) is 1.80. The molecule has 0 saturated heterocycles. The number of rotatable bonds is 9. The summed E-state index contributed by atoms with van der Waals surface area (Å²) in [5.74, 6) is 0.489. The van der Waals surface area contributed by atoms with Gasteiger partial charge in [0.1, 0.15) is 5.82 Å². The summed E-state index contributed by atoms with van der Waals surface area (Å²) in [7, 11) is 3.40. The van der Waals surface area contributed by atoms with Gasteiger partial charge in [0.05, 0.1) is 17.3 Å². The summed E-state index contributed by atoms with van der Waals surface area (Å²) < 4.78 is 10.2. The Morgan fingerprint density at radius 2 is 1.95 bits per heavy atom. The van der Waals surface area contributed by atoms with Crippen molar-refractivity contribution in [3.05, 3.63) is 22.8 Å². The zero-order valence-electron chi connectivity index (χ0n) is 11.6. The van der Waals surface area contributed by atoms with E-state index in [0.717, 1.165) is 31.8 Å². The molecule has 108 valence electrons. The van der Waals surface area contributed by atoms with E-state index in [-0.39, 0.29) is 0 Å². The molecule has 0 fully saturated rings. The maximum Gasteiger partial charge on any atom is 0.123 e. The van der Waals surface area contributed by atoms with Gasteiger partial charge in [-0.2, -0.15) is 0 Å². The molecule has 1 heterocycles. The zero-order chi connectivity index (χ0) is 14.1. The molecule has 0 radical (unpaired) electrons. The number of methoxy groups -OCH3 is 2. The van der Waals surface area contributed by atoms with Crippen LogP contribution in [0.25, 0.3) is 0 Å². The summed E-state index contributed by atoms with van der Waals surface area (Å²) >= 11 is 6.13. The lowest BCUT2D eigenvalue weighted by Crippen LogP contribution is -2.29. The van der Waals surface area contributed by atoms with E-state index in [4.69, 9.17) is 26.8 Å². The minimum atomic E-state index is 0.489. The summed E-state index contributed by atoms with van der Waals surface area (Å²) in [4.78, 5) is 6.51. The van der Waals surface area contributed by atoms with Crippen LogP contribution in [-0.2, 0) is 16.0 Å². The average Bonchev–Trinajstić information content (AvgIpc) is 2.40. The van der Waals surface area contributed by atoms with E-state index in [1.165, 1.54) is 0 Å². The largest absolute Gasteiger partial charge is 0.385 e. The second-order valence-corrected chi connectivity index (χ2v) is 4.69. The van der Waals surface area contributed by atoms with E-state index < -0.39 is 0 Å². The van der Waals surface area contributed by atoms with Crippen molar-refractivity contribution < 1.29 is 9.47 Å². The van der Waals surface area contributed by atoms with E-state index >= 15 is 0 Å². The van der Waals surface area contributed by atoms with Gasteiger partial charge in [0.2, 0.25) is 0 Å². The summed E-state index contributed by atoms with van der Waals surface area (Å²) in [6.45, 7) is 3.81. The number of nitrogen functional groups attached to an aromatic ring is 1. The van der Waals surface area contributed by atoms with E-state index in [2.05, 4.69) is 9.88 Å². The third-order valence-electron chi connectivity index (χ3n) is 2.75. The van der Waals surface area contributed by atoms with Crippen molar-refractivity contribution in [1.82, 2.24) is 9.88 Å². The highest BCUT2D eigenvalue weighted by atomic mass is 35.5. The number of anilines is 1. The third kappa shape index (κ3) is 6.20. The normalized spacial score (nSPS) is 11.2. The Hall–Kier alpha value is -0.880. The Bertz CT molecular complexity index is 377. The Morgan fingerprint density at radius 1 is 1.21 bits per heavy atom. The molecular weight excluding hydrogens is 266 g/mol. The Kier molecular flexibility index (Phi) is 7.74. The molecule has 0 aliphatic rings. The molecule has 0 aromatic carbocycles. The second-order valence-electron chi connectivity index (χ2n) is 4.28. The first kappa shape index (κ1) is 16.2. The number of nitrogens with two attached hydrogens (primary N) is 1. The highest BCUT2D eigenvalue weighted by Crippen LogP contribution is 2.17. The van der Waals surface area contributed by atoms with E-state index in [0.29, 0.717) is 24.0 Å². The fraction of sp³-hybridized carbons (Fsp3) is 0.615. The van der Waals surface area contributed by atoms with Crippen LogP contribution in [0.5, 0.6) is 0 Å². The van der Waals surface area contributed by atoms with Crippen molar-refractivity contribution >= 4 is 17.4 Å². The van der Waals surface area contributed by atoms with Crippen LogP contribution < -0.4 is 5.73 Å². The topological polar surface area (TPSA) is 60.6 Å². The molecule has 19 heavy (non-hydrogen) atoms. The van der Waals surface area contributed by atoms with Gasteiger partial charge >= 0.3 is 0 Å². The first-order valence-electron chi connectivity index (χ1n) is 6.28. The number of hydrogen-bond donors (Lipinski definition) is 1. The predicted molar refractivity (Wildman–Crippen MR) is 77.3 cm³/mol. The van der Waals surface area contributed by atoms with Gasteiger partial charge < -0.3 is 15.2 Å². The Morgan fingerprint density at radius 3 is 2.63 bits per heavy atom. The highest BCUT2D eigenvalue weighted by molar-refractivity contribution is 6.31. The average molecular weight is 288 g/mol. The van der Waals surface area contributed by atoms with Gasteiger partial charge in [-0.15, -0.1) is 0 Å². The van der Waals surface area contributed by atoms with Crippen molar-refractivity contribution in [2.24, 2.45) is 0 Å². The molecule has 0 aliphatic heterocycles. The highest BCUT2D eigenvalue weighted by Gasteiger charge is 2.10. The van der Waals surface area contributed by atoms with E-state index in [1.807, 2.05) is 0 Å². The number of ether oxygens (including phenoxy) is 2. The van der Waals surface area contributed by atoms with E-state index in [1.54, 1.807) is 26.4 Å². The van der Waals surface area contributed by atoms with Crippen LogP contribution in [0.1, 0.15) is 12.1 Å². The summed E-state index contributed by atoms with van der Waals surface area (Å²) in [6.07, 6.45) is 0.958. The molecule has 0 atom stereocenters. The number of hydrogen-bond acceptors (Lipinski definition) is 5. The van der Waals surface area contributed by atoms with Crippen LogP contribution >= 0.6 is 11.6 Å². The van der Waals surface area contributed by atoms with Crippen molar-refractivity contribution in [2.75, 3.05) is 46.3 Å². The second kappa shape index (κ2) is 9.09. The molecule has 1 aromatic rings. The van der Waals surface area contributed by atoms with Crippen molar-refractivity contribution in [1.29, 1.82) is 0 Å². The summed E-state index contributed by atoms with van der Waals surface area (Å²) in [5, 5.41) is 0.642. The van der Waals surface area contributed by atoms with Gasteiger partial charge in [-0.25, -0.2) is 4.98 Å². The van der Waals surface area contributed by atoms with E-state index in [9.17, 15) is 0 Å². The van der Waals surface area contributed by atoms with Crippen molar-refractivity contribution in [2.45, 2.75) is 13.0 Å². The van der Waals surface area contributed by atoms with Gasteiger partial charge in [-0.1, -0.05) is 11.6 Å². The number of pyridine rings is 1. The minimum absolute atomic E-state index is 0.489. The van der Waals surface area contributed by atoms with Gasteiger partial charge in [0, 0.05) is 40.5 Å². The quantitative estimate of drug-likeness (QED) is 0.702. The SMILES string of the molecule is COCCCN(CCOC)Cc1nc(N)ccc1Cl. The Labute approximate surface area is 119 Å². The fourth-order valence-corrected chi connectivity index (χ4v) is 1.91. The fourth-order valence-electron chi connectivity index (χ4n) is 1.75. The molecule has 0 spiro atoms. The molecule has 0 saturated carbocycles. The third-order valence-corrected chi connectivity index (χ3v) is 3.09. The molecule has 1 aromatic heterocycles. The smallest absolute Gasteiger partial charge is 0.123 e. The maximum absolute atomic E-state index is 6.13. The van der Waals surface area contributed by atoms with Crippen LogP contribution in [0, 0.1) is 0 Å². The lowest BCUT2D eigenvalue weighted by Gasteiger charge is -2.22. The Balaban J connectivity index is 2.61. The van der Waals surface area contributed by atoms with Crippen LogP contribution in [0.2, 0.25) is 5.02 Å². The lowest BCUT2D eigenvalue weighted by molar-refractivity contribution is 0.128. The lowest BCUT2D eigenvalue weighted by atomic mass is 10.3. The monoisotopic (exact) mass is 287 g/mol. The van der Waals surface area contributed by atoms with Crippen LogP contribution in [0.15, 0.2) is 12.1 Å². The van der Waals surface area contributed by atoms with Crippen LogP contribution in [0.4, 0.5) is 5.82 Å². The minimum Gasteiger partial charge on any atom is -0.385 e. The summed E-state index contributed by atoms with van der Waals surface area (Å²) in [6, 6.07) is 3.49. The number of halogens is 1. The first-order chi connectivity index (χ1) is 9.17. The molecule has 6 heteroatoms.